The number of aromatic nitrogens is 3. The topological polar surface area (TPSA) is 92.6 Å². The Bertz CT molecular complexity index is 318. The van der Waals surface area contributed by atoms with E-state index < -0.39 is 0 Å². The van der Waals surface area contributed by atoms with Gasteiger partial charge in [-0.1, -0.05) is 5.16 Å². The van der Waals surface area contributed by atoms with Crippen molar-refractivity contribution in [3.05, 3.63) is 12.2 Å². The molecule has 78 valence electrons. The van der Waals surface area contributed by atoms with Gasteiger partial charge in [-0.2, -0.15) is 0 Å². The molecule has 14 heavy (non-hydrogen) atoms. The minimum Gasteiger partial charge on any atom is -0.409 e. The van der Waals surface area contributed by atoms with Crippen LogP contribution in [0.25, 0.3) is 0 Å². The first-order chi connectivity index (χ1) is 6.63. The van der Waals surface area contributed by atoms with Gasteiger partial charge in [0.15, 0.2) is 0 Å². The normalized spacial score (nSPS) is 12.4. The highest BCUT2D eigenvalue weighted by Gasteiger charge is 2.05. The molecule has 3 N–H and O–H groups in total. The smallest absolute Gasteiger partial charge is 0.219 e. The van der Waals surface area contributed by atoms with E-state index in [1.807, 2.05) is 19.0 Å². The van der Waals surface area contributed by atoms with Crippen molar-refractivity contribution in [2.24, 2.45) is 10.9 Å². The highest BCUT2D eigenvalue weighted by molar-refractivity contribution is 5.93. The number of oxime groups is 1. The molecule has 1 rings (SSSR count). The van der Waals surface area contributed by atoms with Crippen LogP contribution in [0.1, 0.15) is 5.82 Å². The second-order valence-corrected chi connectivity index (χ2v) is 3.12. The zero-order chi connectivity index (χ0) is 10.6. The first kappa shape index (κ1) is 10.5. The minimum absolute atomic E-state index is 0.0754. The summed E-state index contributed by atoms with van der Waals surface area (Å²) in [5.74, 6) is 0.167. The molecular formula is C7H14N6O. The van der Waals surface area contributed by atoms with Crippen LogP contribution >= 0.6 is 0 Å². The first-order valence-corrected chi connectivity index (χ1v) is 4.15. The molecular weight excluding hydrogens is 184 g/mol. The van der Waals surface area contributed by atoms with E-state index in [1.165, 1.54) is 0 Å². The molecule has 0 bridgehead atoms. The van der Waals surface area contributed by atoms with Gasteiger partial charge in [0.25, 0.3) is 0 Å². The second-order valence-electron chi connectivity index (χ2n) is 3.12. The van der Waals surface area contributed by atoms with Gasteiger partial charge < -0.3 is 15.8 Å². The van der Waals surface area contributed by atoms with E-state index in [1.54, 1.807) is 11.0 Å². The van der Waals surface area contributed by atoms with E-state index >= 15 is 0 Å². The average molecular weight is 198 g/mol. The number of likely N-dealkylation sites (N-methyl/N-ethyl adjacent to an activating group) is 1. The summed E-state index contributed by atoms with van der Waals surface area (Å²) in [5, 5.41) is 15.2. The van der Waals surface area contributed by atoms with Crippen LogP contribution in [0.5, 0.6) is 0 Å². The van der Waals surface area contributed by atoms with Crippen LogP contribution in [0.4, 0.5) is 0 Å². The van der Waals surface area contributed by atoms with E-state index in [9.17, 15) is 0 Å². The quantitative estimate of drug-likeness (QED) is 0.278. The van der Waals surface area contributed by atoms with Crippen LogP contribution < -0.4 is 5.73 Å². The van der Waals surface area contributed by atoms with Crippen molar-refractivity contribution in [1.82, 2.24) is 19.7 Å². The van der Waals surface area contributed by atoms with Crippen LogP contribution in [-0.4, -0.2) is 51.3 Å². The summed E-state index contributed by atoms with van der Waals surface area (Å²) in [7, 11) is 3.95. The first-order valence-electron chi connectivity index (χ1n) is 4.15. The van der Waals surface area contributed by atoms with Crippen molar-refractivity contribution in [1.29, 1.82) is 0 Å². The molecule has 1 heterocycles. The van der Waals surface area contributed by atoms with Crippen molar-refractivity contribution >= 4 is 5.84 Å². The van der Waals surface area contributed by atoms with E-state index in [0.717, 1.165) is 13.1 Å². The monoisotopic (exact) mass is 198 g/mol. The highest BCUT2D eigenvalue weighted by Crippen LogP contribution is 1.90. The summed E-state index contributed by atoms with van der Waals surface area (Å²) in [6.07, 6.45) is 1.55. The van der Waals surface area contributed by atoms with E-state index in [4.69, 9.17) is 10.9 Å². The van der Waals surface area contributed by atoms with Gasteiger partial charge in [-0.15, -0.1) is 5.10 Å². The zero-order valence-corrected chi connectivity index (χ0v) is 8.25. The fourth-order valence-electron chi connectivity index (χ4n) is 0.867. The SMILES string of the molecule is CN(C)CCn1cnc(C(N)=NO)n1. The fourth-order valence-corrected chi connectivity index (χ4v) is 0.867. The predicted molar refractivity (Wildman–Crippen MR) is 51.1 cm³/mol. The number of rotatable bonds is 4. The highest BCUT2D eigenvalue weighted by atomic mass is 16.4. The Kier molecular flexibility index (Phi) is 3.41. The van der Waals surface area contributed by atoms with Crippen molar-refractivity contribution in [2.45, 2.75) is 6.54 Å². The summed E-state index contributed by atoms with van der Waals surface area (Å²) < 4.78 is 1.65. The number of hydrogen-bond donors (Lipinski definition) is 2. The number of nitrogens with two attached hydrogens (primary N) is 1. The summed E-state index contributed by atoms with van der Waals surface area (Å²) in [4.78, 5) is 5.92. The molecule has 7 heteroatoms. The van der Waals surface area contributed by atoms with Gasteiger partial charge in [-0.3, -0.25) is 4.68 Å². The lowest BCUT2D eigenvalue weighted by Gasteiger charge is -2.07. The lowest BCUT2D eigenvalue weighted by atomic mass is 10.6. The molecule has 0 radical (unpaired) electrons. The maximum absolute atomic E-state index is 8.38. The molecule has 0 aliphatic heterocycles. The van der Waals surface area contributed by atoms with E-state index in [-0.39, 0.29) is 11.7 Å². The number of nitrogens with zero attached hydrogens (tertiary/aromatic N) is 5. The Morgan fingerprint density at radius 2 is 2.43 bits per heavy atom. The molecule has 0 amide bonds. The van der Waals surface area contributed by atoms with Gasteiger partial charge in [0, 0.05) is 6.54 Å². The minimum atomic E-state index is -0.0754. The van der Waals surface area contributed by atoms with Crippen molar-refractivity contribution in [2.75, 3.05) is 20.6 Å². The Morgan fingerprint density at radius 3 is 3.00 bits per heavy atom. The molecule has 0 saturated heterocycles. The molecule has 0 spiro atoms. The molecule has 0 aromatic carbocycles. The van der Waals surface area contributed by atoms with Crippen LogP contribution in [0, 0.1) is 0 Å². The molecule has 1 aromatic rings. The summed E-state index contributed by atoms with van der Waals surface area (Å²) in [6.45, 7) is 1.58. The molecule has 0 aliphatic rings. The molecule has 0 fully saturated rings. The van der Waals surface area contributed by atoms with Crippen LogP contribution in [-0.2, 0) is 6.54 Å². The average Bonchev–Trinajstić information content (AvgIpc) is 2.62. The van der Waals surface area contributed by atoms with Crippen molar-refractivity contribution in [3.63, 3.8) is 0 Å². The maximum atomic E-state index is 8.38. The lowest BCUT2D eigenvalue weighted by molar-refractivity contribution is 0.318. The third kappa shape index (κ3) is 2.70. The van der Waals surface area contributed by atoms with Gasteiger partial charge in [-0.25, -0.2) is 4.98 Å². The summed E-state index contributed by atoms with van der Waals surface area (Å²) in [5.41, 5.74) is 5.31. The van der Waals surface area contributed by atoms with Crippen molar-refractivity contribution in [3.8, 4) is 0 Å². The van der Waals surface area contributed by atoms with Gasteiger partial charge >= 0.3 is 0 Å². The zero-order valence-electron chi connectivity index (χ0n) is 8.25. The molecule has 0 aliphatic carbocycles. The van der Waals surface area contributed by atoms with E-state index in [0.29, 0.717) is 0 Å². The molecule has 7 nitrogen and oxygen atoms in total. The van der Waals surface area contributed by atoms with Gasteiger partial charge in [0.1, 0.15) is 6.33 Å². The van der Waals surface area contributed by atoms with Gasteiger partial charge in [-0.05, 0) is 14.1 Å². The molecule has 0 unspecified atom stereocenters. The summed E-state index contributed by atoms with van der Waals surface area (Å²) in [6, 6.07) is 0. The predicted octanol–water partition coefficient (Wildman–Crippen LogP) is -1.07. The Hall–Kier alpha value is -1.63. The Labute approximate surface area is 81.8 Å². The molecule has 0 atom stereocenters. The maximum Gasteiger partial charge on any atom is 0.219 e. The van der Waals surface area contributed by atoms with Gasteiger partial charge in [0.05, 0.1) is 6.54 Å². The van der Waals surface area contributed by atoms with E-state index in [2.05, 4.69) is 15.2 Å². The van der Waals surface area contributed by atoms with Gasteiger partial charge in [0.2, 0.25) is 11.7 Å². The molecule has 1 aromatic heterocycles. The van der Waals surface area contributed by atoms with Crippen molar-refractivity contribution < 1.29 is 5.21 Å². The van der Waals surface area contributed by atoms with Crippen LogP contribution in [0.3, 0.4) is 0 Å². The summed E-state index contributed by atoms with van der Waals surface area (Å²) >= 11 is 0. The number of amidine groups is 1. The van der Waals surface area contributed by atoms with Crippen LogP contribution in [0.15, 0.2) is 11.5 Å². The second kappa shape index (κ2) is 4.56. The third-order valence-corrected chi connectivity index (χ3v) is 1.65. The Morgan fingerprint density at radius 1 is 1.71 bits per heavy atom. The lowest BCUT2D eigenvalue weighted by Crippen LogP contribution is -2.19. The standard InChI is InChI=1S/C7H14N6O/c1-12(2)3-4-13-5-9-7(10-13)6(8)11-14/h5,14H,3-4H2,1-2H3,(H2,8,11). The van der Waals surface area contributed by atoms with Crippen LogP contribution in [0.2, 0.25) is 0 Å². The third-order valence-electron chi connectivity index (χ3n) is 1.65. The Balaban J connectivity index is 2.60. The largest absolute Gasteiger partial charge is 0.409 e. The molecule has 0 saturated carbocycles. The fraction of sp³-hybridized carbons (Fsp3) is 0.571. The number of hydrogen-bond acceptors (Lipinski definition) is 5.